The fourth-order valence-electron chi connectivity index (χ4n) is 4.29. The quantitative estimate of drug-likeness (QED) is 0.677. The Labute approximate surface area is 177 Å². The van der Waals surface area contributed by atoms with Crippen molar-refractivity contribution in [2.75, 3.05) is 18.5 Å². The Kier molecular flexibility index (Phi) is 4.94. The second-order valence-corrected chi connectivity index (χ2v) is 9.00. The topological polar surface area (TPSA) is 82.5 Å². The minimum atomic E-state index is -0.280. The molecule has 1 fully saturated rings. The highest BCUT2D eigenvalue weighted by Gasteiger charge is 2.24. The van der Waals surface area contributed by atoms with Crippen LogP contribution < -0.4 is 20.3 Å². The molecule has 0 spiro atoms. The smallest absolute Gasteiger partial charge is 0.271 e. The van der Waals surface area contributed by atoms with Gasteiger partial charge in [-0.15, -0.1) is 11.3 Å². The van der Waals surface area contributed by atoms with E-state index in [4.69, 9.17) is 9.47 Å². The van der Waals surface area contributed by atoms with Crippen LogP contribution in [0.1, 0.15) is 53.4 Å². The van der Waals surface area contributed by atoms with Crippen molar-refractivity contribution >= 4 is 33.1 Å². The molecule has 1 aromatic carbocycles. The third kappa shape index (κ3) is 3.35. The van der Waals surface area contributed by atoms with Crippen LogP contribution in [0, 0.1) is 6.92 Å². The van der Waals surface area contributed by atoms with E-state index in [2.05, 4.69) is 10.3 Å². The van der Waals surface area contributed by atoms with Gasteiger partial charge in [-0.3, -0.25) is 14.2 Å². The maximum absolute atomic E-state index is 13.1. The molecule has 2 aliphatic rings. The number of thiophene rings is 1. The first-order valence-electron chi connectivity index (χ1n) is 10.3. The van der Waals surface area contributed by atoms with Crippen molar-refractivity contribution in [3.8, 4) is 11.5 Å². The Morgan fingerprint density at radius 1 is 1.17 bits per heavy atom. The number of ether oxygens (including phenoxy) is 2. The molecule has 8 heteroatoms. The molecule has 5 rings (SSSR count). The summed E-state index contributed by atoms with van der Waals surface area (Å²) in [6.07, 6.45) is 7.14. The van der Waals surface area contributed by atoms with E-state index in [1.165, 1.54) is 17.8 Å². The molecule has 156 valence electrons. The van der Waals surface area contributed by atoms with Crippen LogP contribution in [0.3, 0.4) is 0 Å². The van der Waals surface area contributed by atoms with Crippen LogP contribution in [-0.4, -0.2) is 28.7 Å². The van der Waals surface area contributed by atoms with Crippen molar-refractivity contribution in [3.05, 3.63) is 45.3 Å². The van der Waals surface area contributed by atoms with Crippen LogP contribution >= 0.6 is 11.3 Å². The van der Waals surface area contributed by atoms with E-state index in [1.54, 1.807) is 29.1 Å². The zero-order chi connectivity index (χ0) is 20.7. The summed E-state index contributed by atoms with van der Waals surface area (Å²) in [4.78, 5) is 31.5. The minimum absolute atomic E-state index is 0.0432. The Morgan fingerprint density at radius 2 is 1.93 bits per heavy atom. The first-order chi connectivity index (χ1) is 14.6. The molecule has 0 saturated heterocycles. The number of hydrogen-bond donors (Lipinski definition) is 1. The second-order valence-electron chi connectivity index (χ2n) is 7.77. The summed E-state index contributed by atoms with van der Waals surface area (Å²) >= 11 is 1.34. The van der Waals surface area contributed by atoms with Crippen LogP contribution in [0.2, 0.25) is 0 Å². The minimum Gasteiger partial charge on any atom is -0.486 e. The lowest BCUT2D eigenvalue weighted by Gasteiger charge is -2.23. The summed E-state index contributed by atoms with van der Waals surface area (Å²) in [5, 5.41) is 2.91. The lowest BCUT2D eigenvalue weighted by molar-refractivity contribution is 0.102. The zero-order valence-corrected chi connectivity index (χ0v) is 17.6. The maximum atomic E-state index is 13.1. The predicted octanol–water partition coefficient (Wildman–Crippen LogP) is 4.30. The van der Waals surface area contributed by atoms with Crippen molar-refractivity contribution < 1.29 is 14.3 Å². The van der Waals surface area contributed by atoms with Crippen molar-refractivity contribution in [1.29, 1.82) is 0 Å². The fraction of sp³-hybridized carbons (Fsp3) is 0.409. The van der Waals surface area contributed by atoms with E-state index in [1.807, 2.05) is 6.92 Å². The van der Waals surface area contributed by atoms with Gasteiger partial charge in [0.1, 0.15) is 23.4 Å². The first kappa shape index (κ1) is 19.1. The summed E-state index contributed by atoms with van der Waals surface area (Å²) in [7, 11) is 0. The van der Waals surface area contributed by atoms with E-state index in [0.29, 0.717) is 46.2 Å². The third-order valence-electron chi connectivity index (χ3n) is 5.79. The van der Waals surface area contributed by atoms with Gasteiger partial charge in [0.25, 0.3) is 11.5 Å². The molecule has 1 aliphatic carbocycles. The monoisotopic (exact) mass is 425 g/mol. The highest BCUT2D eigenvalue weighted by molar-refractivity contribution is 7.19. The molecule has 0 bridgehead atoms. The number of nitrogens with zero attached hydrogens (tertiary/aromatic N) is 2. The van der Waals surface area contributed by atoms with Gasteiger partial charge < -0.3 is 14.8 Å². The number of rotatable bonds is 3. The zero-order valence-electron chi connectivity index (χ0n) is 16.8. The SMILES string of the molecule is Cc1sc2c(=O)n(C3CCCCC3)cnc2c1C(=O)Nc1ccc2c(c1)OCCO2. The molecule has 30 heavy (non-hydrogen) atoms. The Balaban J connectivity index is 1.46. The number of anilines is 1. The van der Waals surface area contributed by atoms with Gasteiger partial charge in [-0.05, 0) is 31.9 Å². The molecule has 1 amide bonds. The molecule has 3 aromatic rings. The Hall–Kier alpha value is -2.87. The normalized spacial score (nSPS) is 16.6. The number of benzene rings is 1. The number of aryl methyl sites for hydroxylation is 1. The van der Waals surface area contributed by atoms with Gasteiger partial charge in [0, 0.05) is 22.7 Å². The molecule has 3 heterocycles. The molecule has 7 nitrogen and oxygen atoms in total. The molecule has 1 N–H and O–H groups in total. The summed E-state index contributed by atoms with van der Waals surface area (Å²) in [6, 6.07) is 5.52. The molecular formula is C22H23N3O4S. The van der Waals surface area contributed by atoms with Crippen LogP contribution in [0.5, 0.6) is 11.5 Å². The van der Waals surface area contributed by atoms with E-state index < -0.39 is 0 Å². The van der Waals surface area contributed by atoms with E-state index in [0.717, 1.165) is 30.6 Å². The number of fused-ring (bicyclic) bond motifs is 2. The first-order valence-corrected chi connectivity index (χ1v) is 11.1. The predicted molar refractivity (Wildman–Crippen MR) is 116 cm³/mol. The van der Waals surface area contributed by atoms with E-state index >= 15 is 0 Å². The van der Waals surface area contributed by atoms with Gasteiger partial charge in [0.05, 0.1) is 11.9 Å². The average Bonchev–Trinajstić information content (AvgIpc) is 3.11. The second kappa shape index (κ2) is 7.75. The van der Waals surface area contributed by atoms with Gasteiger partial charge >= 0.3 is 0 Å². The molecule has 2 aromatic heterocycles. The Bertz CT molecular complexity index is 1180. The number of carbonyl (C=O) groups excluding carboxylic acids is 1. The van der Waals surface area contributed by atoms with Crippen molar-refractivity contribution in [2.45, 2.75) is 45.1 Å². The summed E-state index contributed by atoms with van der Waals surface area (Å²) < 4.78 is 13.4. The van der Waals surface area contributed by atoms with Gasteiger partial charge in [-0.1, -0.05) is 19.3 Å². The maximum Gasteiger partial charge on any atom is 0.271 e. The van der Waals surface area contributed by atoms with Crippen LogP contribution in [0.25, 0.3) is 10.2 Å². The molecule has 0 radical (unpaired) electrons. The van der Waals surface area contributed by atoms with E-state index in [-0.39, 0.29) is 17.5 Å². The van der Waals surface area contributed by atoms with E-state index in [9.17, 15) is 9.59 Å². The average molecular weight is 426 g/mol. The fourth-order valence-corrected chi connectivity index (χ4v) is 5.33. The number of hydrogen-bond acceptors (Lipinski definition) is 6. The van der Waals surface area contributed by atoms with Crippen molar-refractivity contribution in [3.63, 3.8) is 0 Å². The standard InChI is InChI=1S/C22H23N3O4S/c1-13-18(21(26)24-14-7-8-16-17(11-14)29-10-9-28-16)19-20(30-13)22(27)25(12-23-19)15-5-3-2-4-6-15/h7-8,11-12,15H,2-6,9-10H2,1H3,(H,24,26). The largest absolute Gasteiger partial charge is 0.486 e. The third-order valence-corrected chi connectivity index (χ3v) is 6.88. The number of aromatic nitrogens is 2. The highest BCUT2D eigenvalue weighted by Crippen LogP contribution is 2.34. The molecule has 0 atom stereocenters. The number of amides is 1. The van der Waals surface area contributed by atoms with Crippen molar-refractivity contribution in [1.82, 2.24) is 9.55 Å². The summed E-state index contributed by atoms with van der Waals surface area (Å²) in [5.74, 6) is 0.999. The lowest BCUT2D eigenvalue weighted by atomic mass is 9.95. The highest BCUT2D eigenvalue weighted by atomic mass is 32.1. The number of carbonyl (C=O) groups is 1. The lowest BCUT2D eigenvalue weighted by Crippen LogP contribution is -2.26. The summed E-state index contributed by atoms with van der Waals surface area (Å²) in [5.41, 5.74) is 1.50. The van der Waals surface area contributed by atoms with Crippen LogP contribution in [-0.2, 0) is 0 Å². The molecule has 0 unspecified atom stereocenters. The van der Waals surface area contributed by atoms with Crippen molar-refractivity contribution in [2.24, 2.45) is 0 Å². The van der Waals surface area contributed by atoms with Gasteiger partial charge in [-0.25, -0.2) is 4.98 Å². The Morgan fingerprint density at radius 3 is 2.73 bits per heavy atom. The molecule has 1 saturated carbocycles. The molecular weight excluding hydrogens is 402 g/mol. The van der Waals surface area contributed by atoms with Gasteiger partial charge in [0.2, 0.25) is 0 Å². The van der Waals surface area contributed by atoms with Crippen LogP contribution in [0.15, 0.2) is 29.3 Å². The molecule has 1 aliphatic heterocycles. The van der Waals surface area contributed by atoms with Crippen LogP contribution in [0.4, 0.5) is 5.69 Å². The van der Waals surface area contributed by atoms with Gasteiger partial charge in [-0.2, -0.15) is 0 Å². The number of nitrogens with one attached hydrogen (secondary N) is 1. The summed E-state index contributed by atoms with van der Waals surface area (Å²) in [6.45, 7) is 2.86. The van der Waals surface area contributed by atoms with Gasteiger partial charge in [0.15, 0.2) is 11.5 Å².